The molecule has 7 heteroatoms. The number of unbranched alkanes of at least 4 members (excludes halogenated alkanes) is 2. The summed E-state index contributed by atoms with van der Waals surface area (Å²) in [6, 6.07) is 0.291. The highest BCUT2D eigenvalue weighted by molar-refractivity contribution is 6.01. The molecule has 32 heavy (non-hydrogen) atoms. The summed E-state index contributed by atoms with van der Waals surface area (Å²) < 4.78 is 5.65. The van der Waals surface area contributed by atoms with Crippen LogP contribution in [-0.2, 0) is 11.2 Å². The zero-order chi connectivity index (χ0) is 22.3. The minimum Gasteiger partial charge on any atom is -0.463 e. The number of ether oxygens (including phenoxy) is 1. The van der Waals surface area contributed by atoms with Crippen LogP contribution in [0.25, 0.3) is 0 Å². The van der Waals surface area contributed by atoms with E-state index in [9.17, 15) is 4.79 Å². The zero-order valence-electron chi connectivity index (χ0n) is 19.9. The van der Waals surface area contributed by atoms with Crippen LogP contribution in [0, 0.1) is 11.8 Å². The summed E-state index contributed by atoms with van der Waals surface area (Å²) in [5.74, 6) is 2.87. The normalized spacial score (nSPS) is 22.0. The van der Waals surface area contributed by atoms with Crippen LogP contribution in [0.1, 0.15) is 83.1 Å². The van der Waals surface area contributed by atoms with E-state index in [1.54, 1.807) is 4.90 Å². The number of piperidine rings is 1. The first kappa shape index (κ1) is 23.3. The van der Waals surface area contributed by atoms with Crippen molar-refractivity contribution in [1.82, 2.24) is 14.9 Å². The van der Waals surface area contributed by atoms with Crippen molar-refractivity contribution in [3.8, 4) is 6.01 Å². The van der Waals surface area contributed by atoms with Crippen LogP contribution in [0.4, 0.5) is 11.6 Å². The summed E-state index contributed by atoms with van der Waals surface area (Å²) in [4.78, 5) is 25.9. The molecule has 0 bridgehead atoms. The number of nitrogens with two attached hydrogens (primary N) is 1. The third kappa shape index (κ3) is 5.91. The largest absolute Gasteiger partial charge is 0.463 e. The minimum absolute atomic E-state index is 0.0760. The second-order valence-corrected chi connectivity index (χ2v) is 10.0. The predicted octanol–water partition coefficient (Wildman–Crippen LogP) is 4.20. The Balaban J connectivity index is 1.24. The molecule has 1 saturated heterocycles. The number of fused-ring (bicyclic) bond motifs is 1. The Bertz CT molecular complexity index is 765. The van der Waals surface area contributed by atoms with Gasteiger partial charge in [-0.15, -0.1) is 0 Å². The summed E-state index contributed by atoms with van der Waals surface area (Å²) in [6.45, 7) is 7.26. The third-order valence-corrected chi connectivity index (χ3v) is 7.45. The number of hydrogen-bond acceptors (Lipinski definition) is 6. The van der Waals surface area contributed by atoms with Gasteiger partial charge in [0.1, 0.15) is 11.6 Å². The molecule has 2 N–H and O–H groups in total. The number of carbonyl (C=O) groups is 1. The van der Waals surface area contributed by atoms with Gasteiger partial charge >= 0.3 is 6.01 Å². The lowest BCUT2D eigenvalue weighted by atomic mass is 9.92. The Hall–Kier alpha value is -1.89. The maximum Gasteiger partial charge on any atom is 0.320 e. The van der Waals surface area contributed by atoms with Gasteiger partial charge in [-0.3, -0.25) is 9.69 Å². The van der Waals surface area contributed by atoms with Gasteiger partial charge in [0.2, 0.25) is 5.91 Å². The number of hydrogen-bond donors (Lipinski definition) is 1. The van der Waals surface area contributed by atoms with Gasteiger partial charge in [-0.25, -0.2) is 0 Å². The van der Waals surface area contributed by atoms with Gasteiger partial charge in [-0.05, 0) is 63.3 Å². The summed E-state index contributed by atoms with van der Waals surface area (Å²) in [6.07, 6.45) is 14.1. The molecule has 3 aliphatic rings. The van der Waals surface area contributed by atoms with E-state index in [-0.39, 0.29) is 5.91 Å². The molecule has 0 aromatic carbocycles. The summed E-state index contributed by atoms with van der Waals surface area (Å²) in [7, 11) is 0. The average molecular weight is 444 g/mol. The number of nitrogen functional groups attached to an aromatic ring is 1. The van der Waals surface area contributed by atoms with Gasteiger partial charge in [0, 0.05) is 25.2 Å². The van der Waals surface area contributed by atoms with Crippen molar-refractivity contribution < 1.29 is 9.53 Å². The molecule has 2 aliphatic heterocycles. The van der Waals surface area contributed by atoms with E-state index in [4.69, 9.17) is 10.5 Å². The fourth-order valence-electron chi connectivity index (χ4n) is 5.64. The number of amides is 1. The number of anilines is 2. The van der Waals surface area contributed by atoms with Crippen LogP contribution < -0.4 is 15.4 Å². The Morgan fingerprint density at radius 2 is 1.88 bits per heavy atom. The molecule has 1 atom stereocenters. The predicted molar refractivity (Wildman–Crippen MR) is 128 cm³/mol. The van der Waals surface area contributed by atoms with Gasteiger partial charge in [0.25, 0.3) is 0 Å². The summed E-state index contributed by atoms with van der Waals surface area (Å²) in [5, 5.41) is 0. The topological polar surface area (TPSA) is 84.6 Å². The number of aromatic nitrogens is 2. The van der Waals surface area contributed by atoms with Crippen molar-refractivity contribution in [2.24, 2.45) is 11.8 Å². The van der Waals surface area contributed by atoms with Crippen molar-refractivity contribution in [2.75, 3.05) is 43.4 Å². The van der Waals surface area contributed by atoms with Crippen LogP contribution in [0.5, 0.6) is 6.01 Å². The molecular weight excluding hydrogens is 402 g/mol. The number of nitrogens with zero attached hydrogens (tertiary/aromatic N) is 4. The fourth-order valence-corrected chi connectivity index (χ4v) is 5.64. The highest BCUT2D eigenvalue weighted by atomic mass is 16.5. The SMILES string of the molecule is CCCCOc1nc(N)c2c(n1)N(CCCCC1CCCN(CC3CCCC3)C1)C(=O)C2. The zero-order valence-corrected chi connectivity index (χ0v) is 19.9. The first-order valence-electron chi connectivity index (χ1n) is 13.0. The number of likely N-dealkylation sites (tertiary alicyclic amines) is 1. The van der Waals surface area contributed by atoms with Gasteiger partial charge in [-0.1, -0.05) is 32.6 Å². The monoisotopic (exact) mass is 443 g/mol. The number of carbonyl (C=O) groups excluding carboxylic acids is 1. The van der Waals surface area contributed by atoms with E-state index < -0.39 is 0 Å². The molecule has 178 valence electrons. The smallest absolute Gasteiger partial charge is 0.320 e. The standard InChI is InChI=1S/C25H41N5O2/c1-2-3-15-32-25-27-23(26)21-16-22(31)30(24(21)28-25)14-7-6-11-20-12-8-13-29(18-20)17-19-9-4-5-10-19/h19-20H,2-18H2,1H3,(H2,26,27,28). The third-order valence-electron chi connectivity index (χ3n) is 7.45. The second kappa shape index (κ2) is 11.3. The van der Waals surface area contributed by atoms with Crippen molar-refractivity contribution in [3.63, 3.8) is 0 Å². The van der Waals surface area contributed by atoms with E-state index >= 15 is 0 Å². The van der Waals surface area contributed by atoms with E-state index in [1.165, 1.54) is 64.6 Å². The van der Waals surface area contributed by atoms with E-state index in [2.05, 4.69) is 21.8 Å². The molecule has 1 unspecified atom stereocenters. The average Bonchev–Trinajstić information content (AvgIpc) is 3.40. The quantitative estimate of drug-likeness (QED) is 0.516. The van der Waals surface area contributed by atoms with Gasteiger partial charge in [0.15, 0.2) is 0 Å². The lowest BCUT2D eigenvalue weighted by molar-refractivity contribution is -0.117. The molecule has 4 rings (SSSR count). The van der Waals surface area contributed by atoms with Crippen LogP contribution in [0.3, 0.4) is 0 Å². The molecule has 0 spiro atoms. The van der Waals surface area contributed by atoms with Crippen molar-refractivity contribution >= 4 is 17.5 Å². The molecule has 1 saturated carbocycles. The van der Waals surface area contributed by atoms with Crippen LogP contribution in [-0.4, -0.2) is 53.6 Å². The molecule has 2 fully saturated rings. The minimum atomic E-state index is 0.0760. The fraction of sp³-hybridized carbons (Fsp3) is 0.800. The first-order chi connectivity index (χ1) is 15.6. The Kier molecular flexibility index (Phi) is 8.22. The maximum absolute atomic E-state index is 12.6. The van der Waals surface area contributed by atoms with Crippen molar-refractivity contribution in [2.45, 2.75) is 84.0 Å². The molecule has 1 aromatic heterocycles. The highest BCUT2D eigenvalue weighted by Gasteiger charge is 2.32. The second-order valence-electron chi connectivity index (χ2n) is 10.0. The Morgan fingerprint density at radius 3 is 2.69 bits per heavy atom. The van der Waals surface area contributed by atoms with Crippen molar-refractivity contribution in [1.29, 1.82) is 0 Å². The Labute approximate surface area is 193 Å². The summed E-state index contributed by atoms with van der Waals surface area (Å²) >= 11 is 0. The van der Waals surface area contributed by atoms with E-state index in [0.717, 1.165) is 43.1 Å². The van der Waals surface area contributed by atoms with Crippen LogP contribution in [0.2, 0.25) is 0 Å². The number of rotatable bonds is 11. The first-order valence-corrected chi connectivity index (χ1v) is 13.0. The van der Waals surface area contributed by atoms with Gasteiger partial charge in [0.05, 0.1) is 13.0 Å². The molecule has 7 nitrogen and oxygen atoms in total. The van der Waals surface area contributed by atoms with Gasteiger partial charge < -0.3 is 15.4 Å². The molecule has 0 radical (unpaired) electrons. The lowest BCUT2D eigenvalue weighted by Gasteiger charge is -2.34. The van der Waals surface area contributed by atoms with Crippen LogP contribution >= 0.6 is 0 Å². The maximum atomic E-state index is 12.6. The van der Waals surface area contributed by atoms with Gasteiger partial charge in [-0.2, -0.15) is 9.97 Å². The van der Waals surface area contributed by atoms with E-state index in [1.807, 2.05) is 0 Å². The molecule has 1 aromatic rings. The molecule has 3 heterocycles. The van der Waals surface area contributed by atoms with E-state index in [0.29, 0.717) is 37.2 Å². The highest BCUT2D eigenvalue weighted by Crippen LogP contribution is 2.33. The molecule has 1 aliphatic carbocycles. The lowest BCUT2D eigenvalue weighted by Crippen LogP contribution is -2.38. The molecular formula is C25H41N5O2. The summed E-state index contributed by atoms with van der Waals surface area (Å²) in [5.41, 5.74) is 6.87. The Morgan fingerprint density at radius 1 is 1.06 bits per heavy atom. The van der Waals surface area contributed by atoms with Crippen molar-refractivity contribution in [3.05, 3.63) is 5.56 Å². The molecule has 1 amide bonds. The van der Waals surface area contributed by atoms with Crippen LogP contribution in [0.15, 0.2) is 0 Å².